The van der Waals surface area contributed by atoms with Gasteiger partial charge in [-0.25, -0.2) is 0 Å². The summed E-state index contributed by atoms with van der Waals surface area (Å²) in [6.45, 7) is 0. The third-order valence-corrected chi connectivity index (χ3v) is 0.667. The van der Waals surface area contributed by atoms with Gasteiger partial charge in [0.1, 0.15) is 0 Å². The summed E-state index contributed by atoms with van der Waals surface area (Å²) in [5.74, 6) is 0. The van der Waals surface area contributed by atoms with E-state index in [4.69, 9.17) is 0 Å². The van der Waals surface area contributed by atoms with Crippen LogP contribution in [0.4, 0.5) is 0 Å². The quantitative estimate of drug-likeness (QED) is 0.519. The molecule has 46 valence electrons. The van der Waals surface area contributed by atoms with E-state index >= 15 is 0 Å². The minimum atomic E-state index is 0. The Morgan fingerprint density at radius 3 is 0.750 bits per heavy atom. The summed E-state index contributed by atoms with van der Waals surface area (Å²) < 4.78 is 0. The fourth-order valence-corrected chi connectivity index (χ4v) is 0.385. The van der Waals surface area contributed by atoms with E-state index in [2.05, 4.69) is 0 Å². The van der Waals surface area contributed by atoms with Gasteiger partial charge in [-0.15, -0.1) is 0 Å². The van der Waals surface area contributed by atoms with Gasteiger partial charge in [0.25, 0.3) is 0 Å². The van der Waals surface area contributed by atoms with Gasteiger partial charge in [0.15, 0.2) is 0 Å². The van der Waals surface area contributed by atoms with E-state index < -0.39 is 0 Å². The summed E-state index contributed by atoms with van der Waals surface area (Å²) in [6.07, 6.45) is 0. The molecule has 0 spiro atoms. The van der Waals surface area contributed by atoms with Crippen molar-refractivity contribution in [3.8, 4) is 0 Å². The van der Waals surface area contributed by atoms with Crippen LogP contribution in [0.5, 0.6) is 0 Å². The molecule has 0 nitrogen and oxygen atoms in total. The topological polar surface area (TPSA) is 0 Å². The second-order valence-corrected chi connectivity index (χ2v) is 1.15. The maximum atomic E-state index is 2.00. The Bertz CT molecular complexity index is 80.5. The van der Waals surface area contributed by atoms with Crippen molar-refractivity contribution < 1.29 is 37.7 Å². The van der Waals surface area contributed by atoms with Crippen molar-refractivity contribution in [1.82, 2.24) is 0 Å². The maximum Gasteiger partial charge on any atom is -0.0623 e. The van der Waals surface area contributed by atoms with Gasteiger partial charge in [-0.2, -0.15) is 0 Å². The zero-order valence-corrected chi connectivity index (χ0v) is 4.52. The van der Waals surface area contributed by atoms with Gasteiger partial charge >= 0.3 is 17.6 Å². The number of rotatable bonds is 0. The third kappa shape index (κ3) is 5.16. The molecule has 0 amide bonds. The minimum Gasteiger partial charge on any atom is -0.0623 e. The molecule has 0 saturated carbocycles. The van der Waals surface area contributed by atoms with Crippen LogP contribution in [0.2, 0.25) is 0 Å². The van der Waals surface area contributed by atoms with Crippen LogP contribution in [0.3, 0.4) is 0 Å². The minimum absolute atomic E-state index is 0. The van der Waals surface area contributed by atoms with Crippen LogP contribution in [0.1, 0.15) is 0 Å². The molecule has 0 saturated heterocycles. The Kier molecular flexibility index (Phi) is 11.8. The molecule has 1 rings (SSSR count). The van der Waals surface area contributed by atoms with Gasteiger partial charge in [-0.1, -0.05) is 36.4 Å². The zero-order chi connectivity index (χ0) is 4.24. The summed E-state index contributed by atoms with van der Waals surface area (Å²) >= 11 is 0. The molecule has 0 unspecified atom stereocenters. The van der Waals surface area contributed by atoms with Crippen molar-refractivity contribution in [3.05, 3.63) is 36.4 Å². The van der Waals surface area contributed by atoms with Crippen molar-refractivity contribution in [1.29, 1.82) is 0 Å². The molecule has 0 aliphatic rings. The molecule has 0 N–H and O–H groups in total. The summed E-state index contributed by atoms with van der Waals surface area (Å²) in [5.41, 5.74) is 0. The van der Waals surface area contributed by atoms with E-state index in [9.17, 15) is 0 Å². The SMILES string of the molecule is [Ar].[GeH4].c1ccccc1. The monoisotopic (exact) mass is 196 g/mol. The average Bonchev–Trinajstić information content (AvgIpc) is 1.72. The molecule has 0 atom stereocenters. The van der Waals surface area contributed by atoms with E-state index in [0.717, 1.165) is 0 Å². The number of hydrogen-bond acceptors (Lipinski definition) is 0. The van der Waals surface area contributed by atoms with Gasteiger partial charge in [0, 0.05) is 37.7 Å². The zero-order valence-electron chi connectivity index (χ0n) is 3.82. The van der Waals surface area contributed by atoms with Crippen molar-refractivity contribution >= 4 is 17.6 Å². The number of benzene rings is 1. The molecule has 0 heterocycles. The molecule has 0 fully saturated rings. The first-order valence-electron chi connectivity index (χ1n) is 2.00. The van der Waals surface area contributed by atoms with Crippen molar-refractivity contribution in [2.24, 2.45) is 0 Å². The van der Waals surface area contributed by atoms with Crippen molar-refractivity contribution in [2.75, 3.05) is 0 Å². The Morgan fingerprint density at radius 1 is 0.500 bits per heavy atom. The fourth-order valence-electron chi connectivity index (χ4n) is 0.385. The summed E-state index contributed by atoms with van der Waals surface area (Å²) in [4.78, 5) is 0. The van der Waals surface area contributed by atoms with Crippen LogP contribution >= 0.6 is 0 Å². The molecular formula is C6H10ArGe. The average molecular weight is 195 g/mol. The molecule has 0 bridgehead atoms. The van der Waals surface area contributed by atoms with E-state index in [-0.39, 0.29) is 55.3 Å². The standard InChI is InChI=1S/C6H6.Ar.GeH4/c1-2-4-6-5-3-1;;/h1-6H;;1H4. The maximum absolute atomic E-state index is 2.00. The summed E-state index contributed by atoms with van der Waals surface area (Å²) in [7, 11) is 0. The van der Waals surface area contributed by atoms with Crippen molar-refractivity contribution in [3.63, 3.8) is 0 Å². The predicted molar refractivity (Wildman–Crippen MR) is 37.8 cm³/mol. The van der Waals surface area contributed by atoms with Crippen LogP contribution in [0.25, 0.3) is 0 Å². The van der Waals surface area contributed by atoms with Crippen LogP contribution in [-0.2, 0) is 0 Å². The summed E-state index contributed by atoms with van der Waals surface area (Å²) in [5, 5.41) is 0. The summed E-state index contributed by atoms with van der Waals surface area (Å²) in [6, 6.07) is 12.0. The van der Waals surface area contributed by atoms with E-state index in [1.54, 1.807) is 0 Å². The van der Waals surface area contributed by atoms with Crippen LogP contribution in [-0.4, -0.2) is 17.6 Å². The van der Waals surface area contributed by atoms with E-state index in [1.165, 1.54) is 0 Å². The molecule has 1 aromatic rings. The fraction of sp³-hybridized carbons (Fsp3) is 0. The van der Waals surface area contributed by atoms with Gasteiger partial charge in [0.2, 0.25) is 0 Å². The largest absolute Gasteiger partial charge is 0.0623 e. The van der Waals surface area contributed by atoms with Crippen LogP contribution in [0.15, 0.2) is 36.4 Å². The van der Waals surface area contributed by atoms with Gasteiger partial charge in [-0.05, 0) is 0 Å². The molecule has 2 heteroatoms. The third-order valence-electron chi connectivity index (χ3n) is 0.667. The molecule has 1 aromatic carbocycles. The second kappa shape index (κ2) is 8.02. The van der Waals surface area contributed by atoms with Crippen LogP contribution in [0, 0.1) is 37.7 Å². The van der Waals surface area contributed by atoms with Crippen molar-refractivity contribution in [2.45, 2.75) is 0 Å². The van der Waals surface area contributed by atoms with E-state index in [0.29, 0.717) is 0 Å². The first-order valence-corrected chi connectivity index (χ1v) is 2.00. The molecule has 0 aromatic heterocycles. The Hall–Kier alpha value is 1.02. The molecule has 8 heavy (non-hydrogen) atoms. The smallest absolute Gasteiger partial charge is 0.0623 e. The molecule has 0 radical (unpaired) electrons. The van der Waals surface area contributed by atoms with Gasteiger partial charge in [0.05, 0.1) is 0 Å². The second-order valence-electron chi connectivity index (χ2n) is 1.15. The molecule has 0 aliphatic carbocycles. The Morgan fingerprint density at radius 2 is 0.625 bits per heavy atom. The Balaban J connectivity index is 0. The molecule has 0 aliphatic heterocycles. The first-order chi connectivity index (χ1) is 3.00. The Labute approximate surface area is 90.6 Å². The van der Waals surface area contributed by atoms with Gasteiger partial charge in [-0.3, -0.25) is 0 Å². The van der Waals surface area contributed by atoms with Gasteiger partial charge < -0.3 is 0 Å². The first kappa shape index (κ1) is 11.8. The number of hydrogen-bond donors (Lipinski definition) is 0. The normalized spacial score (nSPS) is 6.00. The molecular weight excluding hydrogens is 185 g/mol. The predicted octanol–water partition coefficient (Wildman–Crippen LogP) is 0.235. The van der Waals surface area contributed by atoms with Crippen LogP contribution < -0.4 is 0 Å². The van der Waals surface area contributed by atoms with E-state index in [1.807, 2.05) is 36.4 Å².